The zero-order chi connectivity index (χ0) is 16.6. The number of anilines is 2. The van der Waals surface area contributed by atoms with Crippen LogP contribution in [-0.2, 0) is 13.0 Å². The summed E-state index contributed by atoms with van der Waals surface area (Å²) in [6.45, 7) is 1.50. The molecule has 0 saturated heterocycles. The van der Waals surface area contributed by atoms with Crippen molar-refractivity contribution in [2.45, 2.75) is 13.0 Å². The molecule has 0 aromatic carbocycles. The van der Waals surface area contributed by atoms with E-state index in [9.17, 15) is 0 Å². The molecule has 6 heteroatoms. The molecule has 0 amide bonds. The Labute approximate surface area is 141 Å². The van der Waals surface area contributed by atoms with Crippen LogP contribution in [0, 0.1) is 0 Å². The van der Waals surface area contributed by atoms with Gasteiger partial charge in [-0.2, -0.15) is 0 Å². The quantitative estimate of drug-likeness (QED) is 0.722. The van der Waals surface area contributed by atoms with Gasteiger partial charge in [0, 0.05) is 62.6 Å². The third-order valence-corrected chi connectivity index (χ3v) is 3.68. The number of aromatic nitrogens is 4. The Balaban J connectivity index is 1.64. The maximum atomic E-state index is 4.53. The minimum Gasteiger partial charge on any atom is -0.365 e. The van der Waals surface area contributed by atoms with Crippen molar-refractivity contribution in [3.05, 3.63) is 72.6 Å². The molecule has 0 bridgehead atoms. The van der Waals surface area contributed by atoms with Gasteiger partial charge in [0.2, 0.25) is 0 Å². The fraction of sp³-hybridized carbons (Fsp3) is 0.222. The lowest BCUT2D eigenvalue weighted by Gasteiger charge is -2.21. The molecule has 3 rings (SSSR count). The van der Waals surface area contributed by atoms with Crippen LogP contribution < -0.4 is 10.2 Å². The summed E-state index contributed by atoms with van der Waals surface area (Å²) in [5.41, 5.74) is 2.20. The van der Waals surface area contributed by atoms with Crippen molar-refractivity contribution in [2.24, 2.45) is 0 Å². The van der Waals surface area contributed by atoms with E-state index in [1.165, 1.54) is 0 Å². The summed E-state index contributed by atoms with van der Waals surface area (Å²) in [6, 6.07) is 10.0. The number of rotatable bonds is 7. The lowest BCUT2D eigenvalue weighted by atomic mass is 10.2. The average molecular weight is 320 g/mol. The highest BCUT2D eigenvalue weighted by Crippen LogP contribution is 2.17. The van der Waals surface area contributed by atoms with Crippen molar-refractivity contribution in [1.82, 2.24) is 19.9 Å². The van der Waals surface area contributed by atoms with E-state index < -0.39 is 0 Å². The van der Waals surface area contributed by atoms with Gasteiger partial charge in [-0.25, -0.2) is 9.97 Å². The van der Waals surface area contributed by atoms with Crippen molar-refractivity contribution in [3.63, 3.8) is 0 Å². The summed E-state index contributed by atoms with van der Waals surface area (Å²) < 4.78 is 0. The molecule has 3 heterocycles. The predicted molar refractivity (Wildman–Crippen MR) is 94.8 cm³/mol. The van der Waals surface area contributed by atoms with E-state index in [0.717, 1.165) is 35.9 Å². The molecular formula is C18H20N6. The number of hydrogen-bond donors (Lipinski definition) is 1. The monoisotopic (exact) mass is 320 g/mol. The molecule has 24 heavy (non-hydrogen) atoms. The van der Waals surface area contributed by atoms with Crippen molar-refractivity contribution >= 4 is 11.6 Å². The van der Waals surface area contributed by atoms with Crippen LogP contribution >= 0.6 is 0 Å². The molecule has 0 radical (unpaired) electrons. The molecule has 0 atom stereocenters. The van der Waals surface area contributed by atoms with Crippen LogP contribution in [0.4, 0.5) is 11.6 Å². The first-order valence-corrected chi connectivity index (χ1v) is 7.88. The lowest BCUT2D eigenvalue weighted by molar-refractivity contribution is 0.830. The molecule has 3 aromatic heterocycles. The molecule has 0 aliphatic rings. The number of hydrogen-bond acceptors (Lipinski definition) is 6. The summed E-state index contributed by atoms with van der Waals surface area (Å²) >= 11 is 0. The van der Waals surface area contributed by atoms with Gasteiger partial charge >= 0.3 is 0 Å². The van der Waals surface area contributed by atoms with Crippen molar-refractivity contribution in [3.8, 4) is 0 Å². The standard InChI is InChI=1S/C18H20N6/c1-24(12-7-16-6-2-3-8-20-16)18-15(5-4-9-22-18)13-23-17-14-19-10-11-21-17/h2-6,8-11,14H,7,12-13H2,1H3,(H,21,23). The van der Waals surface area contributed by atoms with Gasteiger partial charge in [-0.1, -0.05) is 12.1 Å². The van der Waals surface area contributed by atoms with Crippen LogP contribution in [0.25, 0.3) is 0 Å². The van der Waals surface area contributed by atoms with Gasteiger partial charge in [-0.05, 0) is 18.2 Å². The molecule has 0 saturated carbocycles. The van der Waals surface area contributed by atoms with Crippen molar-refractivity contribution < 1.29 is 0 Å². The highest BCUT2D eigenvalue weighted by atomic mass is 15.2. The van der Waals surface area contributed by atoms with Gasteiger partial charge in [-0.3, -0.25) is 9.97 Å². The van der Waals surface area contributed by atoms with Crippen molar-refractivity contribution in [2.75, 3.05) is 23.8 Å². The van der Waals surface area contributed by atoms with E-state index >= 15 is 0 Å². The van der Waals surface area contributed by atoms with E-state index in [1.807, 2.05) is 36.7 Å². The molecule has 3 aromatic rings. The molecule has 0 spiro atoms. The van der Waals surface area contributed by atoms with E-state index in [1.54, 1.807) is 18.6 Å². The molecule has 1 N–H and O–H groups in total. The Morgan fingerprint density at radius 2 is 1.88 bits per heavy atom. The van der Waals surface area contributed by atoms with Crippen LogP contribution in [0.1, 0.15) is 11.3 Å². The SMILES string of the molecule is CN(CCc1ccccn1)c1ncccc1CNc1cnccn1. The summed E-state index contributed by atoms with van der Waals surface area (Å²) in [7, 11) is 2.05. The van der Waals surface area contributed by atoms with Crippen molar-refractivity contribution in [1.29, 1.82) is 0 Å². The Bertz CT molecular complexity index is 748. The van der Waals surface area contributed by atoms with Gasteiger partial charge in [0.05, 0.1) is 6.20 Å². The molecule has 0 aliphatic heterocycles. The minimum atomic E-state index is 0.649. The Hall–Kier alpha value is -3.02. The van der Waals surface area contributed by atoms with E-state index in [0.29, 0.717) is 6.54 Å². The second kappa shape index (κ2) is 8.01. The van der Waals surface area contributed by atoms with E-state index in [2.05, 4.69) is 43.3 Å². The molecule has 0 unspecified atom stereocenters. The molecule has 6 nitrogen and oxygen atoms in total. The Morgan fingerprint density at radius 1 is 0.958 bits per heavy atom. The maximum absolute atomic E-state index is 4.53. The average Bonchev–Trinajstić information content (AvgIpc) is 2.66. The predicted octanol–water partition coefficient (Wildman–Crippen LogP) is 2.56. The molecule has 0 aliphatic carbocycles. The van der Waals surface area contributed by atoms with Crippen LogP contribution in [0.3, 0.4) is 0 Å². The van der Waals surface area contributed by atoms with Crippen LogP contribution in [-0.4, -0.2) is 33.5 Å². The third-order valence-electron chi connectivity index (χ3n) is 3.68. The van der Waals surface area contributed by atoms with Gasteiger partial charge < -0.3 is 10.2 Å². The fourth-order valence-electron chi connectivity index (χ4n) is 2.42. The first kappa shape index (κ1) is 15.9. The first-order chi connectivity index (χ1) is 11.8. The minimum absolute atomic E-state index is 0.649. The second-order valence-electron chi connectivity index (χ2n) is 5.42. The highest BCUT2D eigenvalue weighted by molar-refractivity contribution is 5.48. The van der Waals surface area contributed by atoms with Gasteiger partial charge in [0.25, 0.3) is 0 Å². The molecule has 122 valence electrons. The van der Waals surface area contributed by atoms with Crippen LogP contribution in [0.5, 0.6) is 0 Å². The summed E-state index contributed by atoms with van der Waals surface area (Å²) in [5, 5.41) is 3.28. The smallest absolute Gasteiger partial charge is 0.144 e. The number of likely N-dealkylation sites (N-methyl/N-ethyl adjacent to an activating group) is 1. The largest absolute Gasteiger partial charge is 0.365 e. The topological polar surface area (TPSA) is 66.8 Å². The Kier molecular flexibility index (Phi) is 5.29. The van der Waals surface area contributed by atoms with E-state index in [-0.39, 0.29) is 0 Å². The van der Waals surface area contributed by atoms with E-state index in [4.69, 9.17) is 0 Å². The fourth-order valence-corrected chi connectivity index (χ4v) is 2.42. The third kappa shape index (κ3) is 4.25. The normalized spacial score (nSPS) is 10.4. The van der Waals surface area contributed by atoms with Gasteiger partial charge in [-0.15, -0.1) is 0 Å². The second-order valence-corrected chi connectivity index (χ2v) is 5.42. The zero-order valence-corrected chi connectivity index (χ0v) is 13.6. The number of pyridine rings is 2. The van der Waals surface area contributed by atoms with Crippen LogP contribution in [0.2, 0.25) is 0 Å². The lowest BCUT2D eigenvalue weighted by Crippen LogP contribution is -2.23. The zero-order valence-electron chi connectivity index (χ0n) is 13.6. The summed E-state index contributed by atoms with van der Waals surface area (Å²) in [4.78, 5) is 19.3. The first-order valence-electron chi connectivity index (χ1n) is 7.88. The summed E-state index contributed by atoms with van der Waals surface area (Å²) in [6.07, 6.45) is 9.56. The van der Waals surface area contributed by atoms with Gasteiger partial charge in [0.1, 0.15) is 11.6 Å². The molecular weight excluding hydrogens is 300 g/mol. The maximum Gasteiger partial charge on any atom is 0.144 e. The number of nitrogens with zero attached hydrogens (tertiary/aromatic N) is 5. The van der Waals surface area contributed by atoms with Gasteiger partial charge in [0.15, 0.2) is 0 Å². The summed E-state index contributed by atoms with van der Waals surface area (Å²) in [5.74, 6) is 1.72. The Morgan fingerprint density at radius 3 is 2.67 bits per heavy atom. The van der Waals surface area contributed by atoms with Crippen LogP contribution in [0.15, 0.2) is 61.3 Å². The highest BCUT2D eigenvalue weighted by Gasteiger charge is 2.09. The molecule has 0 fully saturated rings. The number of nitrogens with one attached hydrogen (secondary N) is 1.